The van der Waals surface area contributed by atoms with Crippen LogP contribution in [0.5, 0.6) is 23.0 Å². The average Bonchev–Trinajstić information content (AvgIpc) is 2.66. The van der Waals surface area contributed by atoms with Gasteiger partial charge in [0.25, 0.3) is 0 Å². The molecule has 0 saturated carbocycles. The van der Waals surface area contributed by atoms with Gasteiger partial charge in [0, 0.05) is 18.1 Å². The van der Waals surface area contributed by atoms with Crippen LogP contribution in [0.25, 0.3) is 0 Å². The van der Waals surface area contributed by atoms with Gasteiger partial charge in [-0.25, -0.2) is 0 Å². The van der Waals surface area contributed by atoms with Crippen LogP contribution in [0.3, 0.4) is 0 Å². The number of aromatic hydroxyl groups is 3. The van der Waals surface area contributed by atoms with E-state index in [4.69, 9.17) is 4.74 Å². The molecule has 0 aliphatic carbocycles. The minimum atomic E-state index is -0.558. The van der Waals surface area contributed by atoms with Crippen molar-refractivity contribution in [2.75, 3.05) is 0 Å². The molecule has 1 aliphatic rings. The number of Topliss-reactive ketones (excluding diaryl/α,β-unsaturated/α-hetero) is 1. The largest absolute Gasteiger partial charge is 0.508 e. The number of phenolic OH excluding ortho intramolecular Hbond substituents is 3. The number of hydrogen-bond donors (Lipinski definition) is 3. The van der Waals surface area contributed by atoms with Crippen molar-refractivity contribution in [2.45, 2.75) is 25.9 Å². The number of ketones is 1. The number of fused-ring (bicyclic) bond motifs is 1. The highest BCUT2D eigenvalue weighted by Gasteiger charge is 2.33. The van der Waals surface area contributed by atoms with Crippen molar-refractivity contribution in [3.63, 3.8) is 0 Å². The molecule has 28 heavy (non-hydrogen) atoms. The maximum atomic E-state index is 12.8. The Morgan fingerprint density at radius 2 is 1.71 bits per heavy atom. The molecule has 5 nitrogen and oxygen atoms in total. The zero-order valence-corrected chi connectivity index (χ0v) is 15.3. The number of carbonyl (C=O) groups is 1. The molecule has 1 unspecified atom stereocenters. The van der Waals surface area contributed by atoms with Gasteiger partial charge in [0.2, 0.25) is 0 Å². The van der Waals surface area contributed by atoms with Crippen molar-refractivity contribution < 1.29 is 24.9 Å². The zero-order valence-electron chi connectivity index (χ0n) is 15.3. The fourth-order valence-electron chi connectivity index (χ4n) is 3.57. The molecule has 1 atom stereocenters. The van der Waals surface area contributed by atoms with Crippen LogP contribution in [0.1, 0.15) is 45.1 Å². The van der Waals surface area contributed by atoms with Gasteiger partial charge in [0.15, 0.2) is 5.78 Å². The zero-order chi connectivity index (χ0) is 19.8. The van der Waals surface area contributed by atoms with E-state index in [9.17, 15) is 20.1 Å². The minimum Gasteiger partial charge on any atom is -0.508 e. The maximum absolute atomic E-state index is 12.8. The van der Waals surface area contributed by atoms with Crippen LogP contribution in [0.15, 0.2) is 54.6 Å². The third-order valence-corrected chi connectivity index (χ3v) is 5.14. The predicted molar refractivity (Wildman–Crippen MR) is 104 cm³/mol. The SMILES string of the molecule is Cc1ccccc1Cc1c(O)cc(O)c2c1OC(c1ccc(O)cc1)CC2=O. The highest BCUT2D eigenvalue weighted by atomic mass is 16.5. The second-order valence-electron chi connectivity index (χ2n) is 7.03. The fraction of sp³-hybridized carbons (Fsp3) is 0.174. The van der Waals surface area contributed by atoms with Crippen LogP contribution in [0.4, 0.5) is 0 Å². The van der Waals surface area contributed by atoms with Gasteiger partial charge in [-0.05, 0) is 35.7 Å². The molecule has 3 N–H and O–H groups in total. The van der Waals surface area contributed by atoms with Gasteiger partial charge in [0.1, 0.15) is 34.7 Å². The summed E-state index contributed by atoms with van der Waals surface area (Å²) in [5.41, 5.74) is 3.37. The van der Waals surface area contributed by atoms with Crippen LogP contribution in [0.2, 0.25) is 0 Å². The Bertz CT molecular complexity index is 1050. The van der Waals surface area contributed by atoms with Crippen LogP contribution in [0, 0.1) is 6.92 Å². The number of ether oxygens (including phenoxy) is 1. The summed E-state index contributed by atoms with van der Waals surface area (Å²) in [7, 11) is 0. The molecule has 142 valence electrons. The van der Waals surface area contributed by atoms with Crippen molar-refractivity contribution in [3.8, 4) is 23.0 Å². The maximum Gasteiger partial charge on any atom is 0.174 e. The monoisotopic (exact) mass is 376 g/mol. The number of carbonyl (C=O) groups excluding carboxylic acids is 1. The van der Waals surface area contributed by atoms with Crippen LogP contribution in [-0.4, -0.2) is 21.1 Å². The number of rotatable bonds is 3. The molecular formula is C23H20O5. The lowest BCUT2D eigenvalue weighted by molar-refractivity contribution is 0.0842. The molecule has 1 heterocycles. The van der Waals surface area contributed by atoms with E-state index in [2.05, 4.69) is 0 Å². The van der Waals surface area contributed by atoms with Crippen molar-refractivity contribution in [3.05, 3.63) is 82.4 Å². The minimum absolute atomic E-state index is 0.0694. The molecule has 5 heteroatoms. The highest BCUT2D eigenvalue weighted by Crippen LogP contribution is 2.46. The van der Waals surface area contributed by atoms with E-state index < -0.39 is 6.10 Å². The molecule has 3 aromatic carbocycles. The second-order valence-corrected chi connectivity index (χ2v) is 7.03. The van der Waals surface area contributed by atoms with Gasteiger partial charge in [-0.2, -0.15) is 0 Å². The molecular weight excluding hydrogens is 356 g/mol. The Labute approximate surface area is 162 Å². The Morgan fingerprint density at radius 1 is 1.00 bits per heavy atom. The molecule has 0 fully saturated rings. The van der Waals surface area contributed by atoms with Crippen LogP contribution in [-0.2, 0) is 6.42 Å². The Hall–Kier alpha value is -3.47. The fourth-order valence-corrected chi connectivity index (χ4v) is 3.57. The van der Waals surface area contributed by atoms with Crippen molar-refractivity contribution in [1.29, 1.82) is 0 Å². The summed E-state index contributed by atoms with van der Waals surface area (Å²) in [6.45, 7) is 1.98. The first-order chi connectivity index (χ1) is 13.4. The smallest absolute Gasteiger partial charge is 0.174 e. The van der Waals surface area contributed by atoms with Crippen molar-refractivity contribution >= 4 is 5.78 Å². The van der Waals surface area contributed by atoms with Gasteiger partial charge < -0.3 is 20.1 Å². The lowest BCUT2D eigenvalue weighted by Gasteiger charge is -2.28. The summed E-state index contributed by atoms with van der Waals surface area (Å²) in [5, 5.41) is 30.2. The summed E-state index contributed by atoms with van der Waals surface area (Å²) < 4.78 is 6.11. The van der Waals surface area contributed by atoms with Crippen LogP contribution < -0.4 is 4.74 Å². The molecule has 4 rings (SSSR count). The predicted octanol–water partition coefficient (Wildman–Crippen LogP) is 4.41. The number of aryl methyl sites for hydroxylation is 1. The van der Waals surface area contributed by atoms with Crippen LogP contribution >= 0.6 is 0 Å². The van der Waals surface area contributed by atoms with Gasteiger partial charge in [-0.1, -0.05) is 36.4 Å². The van der Waals surface area contributed by atoms with Crippen molar-refractivity contribution in [1.82, 2.24) is 0 Å². The van der Waals surface area contributed by atoms with E-state index in [1.54, 1.807) is 12.1 Å². The summed E-state index contributed by atoms with van der Waals surface area (Å²) in [6, 6.07) is 15.4. The molecule has 3 aromatic rings. The Kier molecular flexibility index (Phi) is 4.43. The molecule has 0 saturated heterocycles. The normalized spacial score (nSPS) is 15.8. The third kappa shape index (κ3) is 3.16. The summed E-state index contributed by atoms with van der Waals surface area (Å²) >= 11 is 0. The van der Waals surface area contributed by atoms with Gasteiger partial charge in [-0.3, -0.25) is 4.79 Å². The Morgan fingerprint density at radius 3 is 2.43 bits per heavy atom. The third-order valence-electron chi connectivity index (χ3n) is 5.14. The highest BCUT2D eigenvalue weighted by molar-refractivity contribution is 6.03. The lowest BCUT2D eigenvalue weighted by atomic mass is 9.90. The quantitative estimate of drug-likeness (QED) is 0.630. The van der Waals surface area contributed by atoms with Gasteiger partial charge >= 0.3 is 0 Å². The van der Waals surface area contributed by atoms with Gasteiger partial charge in [-0.15, -0.1) is 0 Å². The topological polar surface area (TPSA) is 87.0 Å². The second kappa shape index (κ2) is 6.93. The van der Waals surface area contributed by atoms with E-state index in [0.717, 1.165) is 16.7 Å². The average molecular weight is 376 g/mol. The first-order valence-electron chi connectivity index (χ1n) is 9.05. The number of phenols is 3. The number of hydrogen-bond acceptors (Lipinski definition) is 5. The molecule has 0 amide bonds. The summed E-state index contributed by atoms with van der Waals surface area (Å²) in [6.07, 6.45) is -0.117. The van der Waals surface area contributed by atoms with Gasteiger partial charge in [0.05, 0.1) is 6.42 Å². The van der Waals surface area contributed by atoms with E-state index in [1.807, 2.05) is 31.2 Å². The molecule has 1 aliphatic heterocycles. The molecule has 0 radical (unpaired) electrons. The Balaban J connectivity index is 1.80. The summed E-state index contributed by atoms with van der Waals surface area (Å²) in [5.74, 6) is -0.298. The summed E-state index contributed by atoms with van der Waals surface area (Å²) in [4.78, 5) is 12.8. The van der Waals surface area contributed by atoms with Crippen molar-refractivity contribution in [2.24, 2.45) is 0 Å². The lowest BCUT2D eigenvalue weighted by Crippen LogP contribution is -2.21. The van der Waals surface area contributed by atoms with E-state index >= 15 is 0 Å². The molecule has 0 bridgehead atoms. The molecule has 0 spiro atoms. The first-order valence-corrected chi connectivity index (χ1v) is 9.05. The molecule has 0 aromatic heterocycles. The van der Waals surface area contributed by atoms with E-state index in [1.165, 1.54) is 18.2 Å². The number of benzene rings is 3. The van der Waals surface area contributed by atoms with E-state index in [-0.39, 0.29) is 40.8 Å². The first kappa shape index (κ1) is 17.9. The van der Waals surface area contributed by atoms with E-state index in [0.29, 0.717) is 12.0 Å². The standard InChI is InChI=1S/C23H20O5/c1-13-4-2-3-5-15(13)10-17-18(25)11-19(26)22-20(27)12-21(28-23(17)22)14-6-8-16(24)9-7-14/h2-9,11,21,24-26H,10,12H2,1H3.